The van der Waals surface area contributed by atoms with Crippen LogP contribution < -0.4 is 14.8 Å². The molecule has 37 heavy (non-hydrogen) atoms. The molecule has 2 heterocycles. The Morgan fingerprint density at radius 1 is 1.30 bits per heavy atom. The van der Waals surface area contributed by atoms with E-state index in [1.54, 1.807) is 13.0 Å². The second kappa shape index (κ2) is 11.4. The second-order valence-electron chi connectivity index (χ2n) is 9.27. The van der Waals surface area contributed by atoms with Gasteiger partial charge in [0.15, 0.2) is 11.5 Å². The fourth-order valence-corrected chi connectivity index (χ4v) is 5.22. The average Bonchev–Trinajstić information content (AvgIpc) is 3.57. The van der Waals surface area contributed by atoms with Gasteiger partial charge >= 0.3 is 0 Å². The Morgan fingerprint density at radius 2 is 2.08 bits per heavy atom. The van der Waals surface area contributed by atoms with Crippen molar-refractivity contribution >= 4 is 23.9 Å². The predicted octanol–water partition coefficient (Wildman–Crippen LogP) is 0.117. The van der Waals surface area contributed by atoms with Crippen molar-refractivity contribution in [2.75, 3.05) is 33.4 Å². The number of ketones is 1. The van der Waals surface area contributed by atoms with Gasteiger partial charge in [-0.25, -0.2) is 0 Å². The molecule has 5 atom stereocenters. The lowest BCUT2D eigenvalue weighted by Crippen LogP contribution is -2.58. The van der Waals surface area contributed by atoms with Crippen molar-refractivity contribution in [2.24, 2.45) is 0 Å². The molecule has 0 aromatic heterocycles. The maximum atomic E-state index is 13.3. The van der Waals surface area contributed by atoms with Crippen molar-refractivity contribution in [1.82, 2.24) is 10.2 Å². The number of amides is 2. The highest BCUT2D eigenvalue weighted by molar-refractivity contribution is 6.36. The van der Waals surface area contributed by atoms with E-state index in [1.807, 2.05) is 0 Å². The number of ether oxygens (including phenoxy) is 3. The van der Waals surface area contributed by atoms with Gasteiger partial charge < -0.3 is 34.6 Å². The molecule has 3 N–H and O–H groups in total. The summed E-state index contributed by atoms with van der Waals surface area (Å²) < 4.78 is 17.2. The molecule has 0 radical (unpaired) electrons. The van der Waals surface area contributed by atoms with E-state index < -0.39 is 41.8 Å². The molecule has 0 unspecified atom stereocenters. The molecule has 11 heteroatoms. The number of carbonyl (C=O) groups excluding carboxylic acids is 4. The van der Waals surface area contributed by atoms with E-state index >= 15 is 0 Å². The lowest BCUT2D eigenvalue weighted by molar-refractivity contribution is -0.149. The van der Waals surface area contributed by atoms with Crippen molar-refractivity contribution in [1.29, 1.82) is 0 Å². The van der Waals surface area contributed by atoms with Gasteiger partial charge in [0.2, 0.25) is 11.7 Å². The van der Waals surface area contributed by atoms with Gasteiger partial charge in [0.1, 0.15) is 18.5 Å². The molecule has 1 fully saturated rings. The Morgan fingerprint density at radius 3 is 2.70 bits per heavy atom. The van der Waals surface area contributed by atoms with E-state index in [0.717, 1.165) is 6.42 Å². The number of aliphatic hydroxyl groups excluding tert-OH is 2. The van der Waals surface area contributed by atoms with Crippen LogP contribution in [0.2, 0.25) is 0 Å². The molecular weight excluding hydrogens is 484 g/mol. The summed E-state index contributed by atoms with van der Waals surface area (Å²) in [5, 5.41) is 23.4. The van der Waals surface area contributed by atoms with Gasteiger partial charge in [-0.1, -0.05) is 6.92 Å². The third-order valence-electron chi connectivity index (χ3n) is 7.02. The fourth-order valence-electron chi connectivity index (χ4n) is 5.22. The number of nitrogens with zero attached hydrogens (tertiary/aromatic N) is 1. The van der Waals surface area contributed by atoms with Gasteiger partial charge in [-0.2, -0.15) is 0 Å². The first-order chi connectivity index (χ1) is 17.8. The minimum atomic E-state index is -1.31. The number of aliphatic hydroxyl groups is 2. The summed E-state index contributed by atoms with van der Waals surface area (Å²) >= 11 is 0. The molecule has 2 aliphatic heterocycles. The number of fused-ring (bicyclic) bond motifs is 3. The van der Waals surface area contributed by atoms with Crippen molar-refractivity contribution in [3.05, 3.63) is 34.9 Å². The molecular formula is C26H32N2O9. The normalized spacial score (nSPS) is 25.8. The van der Waals surface area contributed by atoms with Gasteiger partial charge in [-0.15, -0.1) is 0 Å². The SMILES string of the molecule is CCC(=O)C(=O)N(C[C@@H]1CCCO1)[C@@H]1C=C(C(=O)NCCO)[C@@H]2c3cc(C=O)cc(OC)c3O[C@@H]2[C@H]1O. The zero-order valence-electron chi connectivity index (χ0n) is 20.8. The zero-order chi connectivity index (χ0) is 26.7. The molecule has 3 aliphatic rings. The van der Waals surface area contributed by atoms with Crippen molar-refractivity contribution in [3.63, 3.8) is 0 Å². The summed E-state index contributed by atoms with van der Waals surface area (Å²) in [6.07, 6.45) is 0.984. The second-order valence-corrected chi connectivity index (χ2v) is 9.27. The summed E-state index contributed by atoms with van der Waals surface area (Å²) in [5.41, 5.74) is 0.970. The molecule has 0 bridgehead atoms. The van der Waals surface area contributed by atoms with Crippen LogP contribution in [0.1, 0.15) is 48.0 Å². The van der Waals surface area contributed by atoms with E-state index in [0.29, 0.717) is 30.4 Å². The largest absolute Gasteiger partial charge is 0.493 e. The summed E-state index contributed by atoms with van der Waals surface area (Å²) in [5.74, 6) is -2.16. The van der Waals surface area contributed by atoms with Crippen LogP contribution in [0.5, 0.6) is 11.5 Å². The van der Waals surface area contributed by atoms with Crippen LogP contribution in [0.25, 0.3) is 0 Å². The minimum absolute atomic E-state index is 0.0148. The summed E-state index contributed by atoms with van der Waals surface area (Å²) in [7, 11) is 1.41. The number of carbonyl (C=O) groups is 4. The van der Waals surface area contributed by atoms with Crippen LogP contribution in [0.4, 0.5) is 0 Å². The first kappa shape index (κ1) is 26.8. The fraction of sp³-hybridized carbons (Fsp3) is 0.538. The van der Waals surface area contributed by atoms with Crippen molar-refractivity contribution in [2.45, 2.75) is 56.5 Å². The van der Waals surface area contributed by atoms with Gasteiger partial charge in [0.05, 0.1) is 31.8 Å². The highest BCUT2D eigenvalue weighted by Crippen LogP contribution is 2.51. The lowest BCUT2D eigenvalue weighted by Gasteiger charge is -2.41. The van der Waals surface area contributed by atoms with Gasteiger partial charge in [-0.3, -0.25) is 19.2 Å². The first-order valence-corrected chi connectivity index (χ1v) is 12.4. The molecule has 200 valence electrons. The summed E-state index contributed by atoms with van der Waals surface area (Å²) in [6.45, 7) is 1.88. The summed E-state index contributed by atoms with van der Waals surface area (Å²) in [6, 6.07) is 2.01. The van der Waals surface area contributed by atoms with Gasteiger partial charge in [0.25, 0.3) is 5.91 Å². The summed E-state index contributed by atoms with van der Waals surface area (Å²) in [4.78, 5) is 51.8. The van der Waals surface area contributed by atoms with E-state index in [-0.39, 0.29) is 49.3 Å². The molecule has 1 aromatic carbocycles. The average molecular weight is 517 g/mol. The van der Waals surface area contributed by atoms with Gasteiger partial charge in [0, 0.05) is 42.8 Å². The minimum Gasteiger partial charge on any atom is -0.493 e. The monoisotopic (exact) mass is 516 g/mol. The third kappa shape index (κ3) is 5.11. The number of hydrogen-bond acceptors (Lipinski definition) is 9. The number of benzene rings is 1. The van der Waals surface area contributed by atoms with Crippen LogP contribution in [-0.2, 0) is 19.1 Å². The smallest absolute Gasteiger partial charge is 0.290 e. The van der Waals surface area contributed by atoms with E-state index in [9.17, 15) is 29.4 Å². The number of rotatable bonds is 10. The maximum absolute atomic E-state index is 13.3. The molecule has 0 spiro atoms. The molecule has 1 saturated heterocycles. The molecule has 1 aromatic rings. The number of methoxy groups -OCH3 is 1. The Kier molecular flexibility index (Phi) is 8.25. The highest BCUT2D eigenvalue weighted by Gasteiger charge is 2.52. The molecule has 11 nitrogen and oxygen atoms in total. The van der Waals surface area contributed by atoms with Crippen LogP contribution >= 0.6 is 0 Å². The number of nitrogens with one attached hydrogen (secondary N) is 1. The zero-order valence-corrected chi connectivity index (χ0v) is 20.8. The highest BCUT2D eigenvalue weighted by atomic mass is 16.5. The Hall–Kier alpha value is -3.28. The number of Topliss-reactive ketones (excluding diaryl/α,β-unsaturated/α-hetero) is 1. The van der Waals surface area contributed by atoms with Crippen LogP contribution in [0.15, 0.2) is 23.8 Å². The van der Waals surface area contributed by atoms with E-state index in [2.05, 4.69) is 5.32 Å². The Balaban J connectivity index is 1.81. The topological polar surface area (TPSA) is 152 Å². The van der Waals surface area contributed by atoms with E-state index in [4.69, 9.17) is 14.2 Å². The van der Waals surface area contributed by atoms with Crippen LogP contribution in [0.3, 0.4) is 0 Å². The van der Waals surface area contributed by atoms with Crippen molar-refractivity contribution in [3.8, 4) is 11.5 Å². The van der Waals surface area contributed by atoms with Crippen LogP contribution in [-0.4, -0.2) is 96.8 Å². The molecule has 0 saturated carbocycles. The standard InChI is InChI=1S/C26H32N2O9/c1-3-19(31)26(34)28(12-15-5-4-8-36-15)18-11-17(25(33)27-6-7-29)21-16-9-14(13-30)10-20(35-2)23(16)37-24(21)22(18)32/h9-11,13,15,18,21-22,24,29,32H,3-8,12H2,1-2H3,(H,27,33)/t15-,18+,21-,22-,24-/m0/s1. The maximum Gasteiger partial charge on any atom is 0.290 e. The Bertz CT molecular complexity index is 1100. The van der Waals surface area contributed by atoms with Crippen molar-refractivity contribution < 1.29 is 43.6 Å². The Labute approximate surface area is 214 Å². The number of hydrogen-bond donors (Lipinski definition) is 3. The quantitative estimate of drug-likeness (QED) is 0.291. The molecule has 1 aliphatic carbocycles. The lowest BCUT2D eigenvalue weighted by atomic mass is 9.77. The number of aldehydes is 1. The molecule has 4 rings (SSSR count). The molecule has 2 amide bonds. The third-order valence-corrected chi connectivity index (χ3v) is 7.02. The van der Waals surface area contributed by atoms with Crippen LogP contribution in [0, 0.1) is 0 Å². The first-order valence-electron chi connectivity index (χ1n) is 12.4. The predicted molar refractivity (Wildman–Crippen MR) is 129 cm³/mol. The van der Waals surface area contributed by atoms with Gasteiger partial charge in [-0.05, 0) is 31.1 Å². The van der Waals surface area contributed by atoms with E-state index in [1.165, 1.54) is 24.2 Å².